The number of carbonyl (C=O) groups excluding carboxylic acids is 1. The van der Waals surface area contributed by atoms with Crippen molar-refractivity contribution in [1.29, 1.82) is 0 Å². The molecule has 1 fully saturated rings. The third-order valence-corrected chi connectivity index (χ3v) is 4.42. The molecule has 6 nitrogen and oxygen atoms in total. The molecule has 0 unspecified atom stereocenters. The van der Waals surface area contributed by atoms with Gasteiger partial charge in [0.05, 0.1) is 12.9 Å². The number of hydrogen-bond acceptors (Lipinski definition) is 4. The molecular formula is C16H24N2O4S. The lowest BCUT2D eigenvalue weighted by molar-refractivity contribution is 0.0703. The van der Waals surface area contributed by atoms with Gasteiger partial charge in [-0.15, -0.1) is 0 Å². The van der Waals surface area contributed by atoms with Crippen LogP contribution in [0.4, 0.5) is 0 Å². The van der Waals surface area contributed by atoms with Crippen molar-refractivity contribution in [2.75, 3.05) is 26.0 Å². The molecule has 1 aromatic carbocycles. The first-order valence-electron chi connectivity index (χ1n) is 7.88. The van der Waals surface area contributed by atoms with Crippen molar-refractivity contribution < 1.29 is 17.9 Å². The number of benzene rings is 1. The van der Waals surface area contributed by atoms with E-state index in [2.05, 4.69) is 4.72 Å². The summed E-state index contributed by atoms with van der Waals surface area (Å²) in [6.07, 6.45) is 3.61. The topological polar surface area (TPSA) is 75.7 Å². The van der Waals surface area contributed by atoms with Gasteiger partial charge in [-0.1, -0.05) is 6.92 Å². The molecule has 7 heteroatoms. The maximum Gasteiger partial charge on any atom is 0.253 e. The van der Waals surface area contributed by atoms with Crippen molar-refractivity contribution >= 4 is 15.9 Å². The number of sulfonamides is 1. The lowest BCUT2D eigenvalue weighted by atomic mass is 10.1. The van der Waals surface area contributed by atoms with E-state index in [1.165, 1.54) is 0 Å². The summed E-state index contributed by atoms with van der Waals surface area (Å²) in [5, 5.41) is 0. The number of rotatable bonds is 6. The lowest BCUT2D eigenvalue weighted by Gasteiger charge is -2.32. The minimum Gasteiger partial charge on any atom is -0.494 e. The third kappa shape index (κ3) is 5.51. The van der Waals surface area contributed by atoms with Crippen LogP contribution in [0.1, 0.15) is 36.5 Å². The van der Waals surface area contributed by atoms with Gasteiger partial charge in [0.1, 0.15) is 5.75 Å². The van der Waals surface area contributed by atoms with Gasteiger partial charge in [0.25, 0.3) is 5.91 Å². The number of ether oxygens (including phenoxy) is 1. The lowest BCUT2D eigenvalue weighted by Crippen LogP contribution is -2.49. The Morgan fingerprint density at radius 1 is 1.35 bits per heavy atom. The van der Waals surface area contributed by atoms with E-state index in [1.807, 2.05) is 6.92 Å². The highest BCUT2D eigenvalue weighted by atomic mass is 32.2. The van der Waals surface area contributed by atoms with Crippen LogP contribution in [-0.4, -0.2) is 51.2 Å². The van der Waals surface area contributed by atoms with E-state index in [4.69, 9.17) is 4.74 Å². The van der Waals surface area contributed by atoms with Crippen LogP contribution in [0.3, 0.4) is 0 Å². The highest BCUT2D eigenvalue weighted by Gasteiger charge is 2.26. The quantitative estimate of drug-likeness (QED) is 0.854. The summed E-state index contributed by atoms with van der Waals surface area (Å²) in [6, 6.07) is 6.87. The highest BCUT2D eigenvalue weighted by molar-refractivity contribution is 7.88. The molecule has 2 rings (SSSR count). The molecule has 1 atom stereocenters. The predicted molar refractivity (Wildman–Crippen MR) is 89.1 cm³/mol. The fourth-order valence-corrected chi connectivity index (χ4v) is 3.45. The Hall–Kier alpha value is -1.60. The minimum atomic E-state index is -3.26. The second-order valence-electron chi connectivity index (χ2n) is 5.85. The molecule has 0 radical (unpaired) electrons. The van der Waals surface area contributed by atoms with E-state index in [9.17, 15) is 13.2 Å². The maximum atomic E-state index is 12.5. The molecule has 1 aliphatic heterocycles. The van der Waals surface area contributed by atoms with Crippen LogP contribution in [0, 0.1) is 0 Å². The summed E-state index contributed by atoms with van der Waals surface area (Å²) in [6.45, 7) is 3.74. The largest absolute Gasteiger partial charge is 0.494 e. The van der Waals surface area contributed by atoms with Crippen LogP contribution in [0.25, 0.3) is 0 Å². The number of likely N-dealkylation sites (tertiary alicyclic amines) is 1. The summed E-state index contributed by atoms with van der Waals surface area (Å²) < 4.78 is 30.8. The summed E-state index contributed by atoms with van der Waals surface area (Å²) in [4.78, 5) is 14.2. The number of hydrogen-bond donors (Lipinski definition) is 1. The summed E-state index contributed by atoms with van der Waals surface area (Å²) in [7, 11) is -3.26. The van der Waals surface area contributed by atoms with Gasteiger partial charge in [-0.2, -0.15) is 0 Å². The first-order valence-corrected chi connectivity index (χ1v) is 9.77. The number of nitrogens with zero attached hydrogens (tertiary/aromatic N) is 1. The normalized spacial score (nSPS) is 18.7. The Labute approximate surface area is 137 Å². The second-order valence-corrected chi connectivity index (χ2v) is 7.63. The first-order chi connectivity index (χ1) is 10.9. The van der Waals surface area contributed by atoms with Crippen molar-refractivity contribution in [1.82, 2.24) is 9.62 Å². The molecule has 0 aromatic heterocycles. The zero-order chi connectivity index (χ0) is 16.9. The van der Waals surface area contributed by atoms with Crippen LogP contribution in [-0.2, 0) is 10.0 Å². The summed E-state index contributed by atoms with van der Waals surface area (Å²) in [5.41, 5.74) is 0.592. The molecule has 0 saturated carbocycles. The molecule has 23 heavy (non-hydrogen) atoms. The molecule has 0 bridgehead atoms. The van der Waals surface area contributed by atoms with Crippen molar-refractivity contribution in [2.45, 2.75) is 32.2 Å². The summed E-state index contributed by atoms with van der Waals surface area (Å²) in [5.74, 6) is 0.672. The average Bonchev–Trinajstić information content (AvgIpc) is 2.51. The van der Waals surface area contributed by atoms with Crippen molar-refractivity contribution in [3.05, 3.63) is 29.8 Å². The van der Waals surface area contributed by atoms with Crippen LogP contribution >= 0.6 is 0 Å². The van der Waals surface area contributed by atoms with E-state index in [1.54, 1.807) is 29.2 Å². The van der Waals surface area contributed by atoms with Crippen molar-refractivity contribution in [3.63, 3.8) is 0 Å². The van der Waals surface area contributed by atoms with E-state index >= 15 is 0 Å². The summed E-state index contributed by atoms with van der Waals surface area (Å²) >= 11 is 0. The van der Waals surface area contributed by atoms with Crippen molar-refractivity contribution in [3.8, 4) is 5.75 Å². The SMILES string of the molecule is CCCOc1ccc(C(=O)N2CCC[C@@H](NS(C)(=O)=O)C2)cc1. The molecule has 1 heterocycles. The first kappa shape index (κ1) is 17.7. The Balaban J connectivity index is 1.99. The van der Waals surface area contributed by atoms with Crippen LogP contribution in [0.15, 0.2) is 24.3 Å². The van der Waals surface area contributed by atoms with E-state index in [0.717, 1.165) is 31.3 Å². The molecule has 128 valence electrons. The zero-order valence-corrected chi connectivity index (χ0v) is 14.4. The Kier molecular flexibility index (Phi) is 6.01. The van der Waals surface area contributed by atoms with E-state index in [-0.39, 0.29) is 11.9 Å². The Bertz CT molecular complexity index is 628. The average molecular weight is 340 g/mol. The highest BCUT2D eigenvalue weighted by Crippen LogP contribution is 2.17. The standard InChI is InChI=1S/C16H24N2O4S/c1-3-11-22-15-8-6-13(7-9-15)16(19)18-10-4-5-14(12-18)17-23(2,20)21/h6-9,14,17H,3-5,10-12H2,1-2H3/t14-/m1/s1. The number of piperidine rings is 1. The fraction of sp³-hybridized carbons (Fsp3) is 0.562. The van der Waals surface area contributed by atoms with Crippen LogP contribution in [0.5, 0.6) is 5.75 Å². The van der Waals surface area contributed by atoms with Gasteiger partial charge in [-0.3, -0.25) is 4.79 Å². The molecule has 1 saturated heterocycles. The van der Waals surface area contributed by atoms with Gasteiger partial charge < -0.3 is 9.64 Å². The zero-order valence-electron chi connectivity index (χ0n) is 13.6. The predicted octanol–water partition coefficient (Wildman–Crippen LogP) is 1.63. The monoisotopic (exact) mass is 340 g/mol. The number of nitrogens with one attached hydrogen (secondary N) is 1. The van der Waals surface area contributed by atoms with Gasteiger partial charge in [-0.25, -0.2) is 13.1 Å². The van der Waals surface area contributed by atoms with E-state index < -0.39 is 10.0 Å². The van der Waals surface area contributed by atoms with Gasteiger partial charge in [0.15, 0.2) is 0 Å². The molecule has 1 N–H and O–H groups in total. The Morgan fingerprint density at radius 3 is 2.65 bits per heavy atom. The van der Waals surface area contributed by atoms with Crippen molar-refractivity contribution in [2.24, 2.45) is 0 Å². The molecule has 1 aromatic rings. The number of amides is 1. The van der Waals surface area contributed by atoms with Gasteiger partial charge in [-0.05, 0) is 43.5 Å². The maximum absolute atomic E-state index is 12.5. The smallest absolute Gasteiger partial charge is 0.253 e. The fourth-order valence-electron chi connectivity index (χ4n) is 2.66. The number of carbonyl (C=O) groups is 1. The van der Waals surface area contributed by atoms with Gasteiger partial charge in [0.2, 0.25) is 10.0 Å². The molecule has 1 aliphatic rings. The molecule has 0 spiro atoms. The minimum absolute atomic E-state index is 0.0768. The molecule has 1 amide bonds. The van der Waals surface area contributed by atoms with E-state index in [0.29, 0.717) is 25.3 Å². The van der Waals surface area contributed by atoms with Crippen LogP contribution < -0.4 is 9.46 Å². The molecular weight excluding hydrogens is 316 g/mol. The molecule has 0 aliphatic carbocycles. The van der Waals surface area contributed by atoms with Gasteiger partial charge >= 0.3 is 0 Å². The Morgan fingerprint density at radius 2 is 2.04 bits per heavy atom. The van der Waals surface area contributed by atoms with Gasteiger partial charge in [0, 0.05) is 24.7 Å². The second kappa shape index (κ2) is 7.79. The third-order valence-electron chi connectivity index (χ3n) is 3.66. The van der Waals surface area contributed by atoms with Crippen LogP contribution in [0.2, 0.25) is 0 Å².